The molecule has 0 radical (unpaired) electrons. The zero-order chi connectivity index (χ0) is 24.3. The lowest BCUT2D eigenvalue weighted by molar-refractivity contribution is 0.0334. The number of sulfonamides is 1. The molecule has 2 N–H and O–H groups in total. The van der Waals surface area contributed by atoms with Crippen LogP contribution >= 0.6 is 0 Å². The van der Waals surface area contributed by atoms with Gasteiger partial charge in [-0.05, 0) is 73.2 Å². The lowest BCUT2D eigenvalue weighted by atomic mass is 9.92. The Morgan fingerprint density at radius 3 is 2.53 bits per heavy atom. The molecule has 0 amide bonds. The third-order valence-corrected chi connectivity index (χ3v) is 8.10. The van der Waals surface area contributed by atoms with Crippen LogP contribution in [0.2, 0.25) is 0 Å². The number of anilines is 2. The van der Waals surface area contributed by atoms with Gasteiger partial charge in [0.15, 0.2) is 0 Å². The number of piperazine rings is 1. The van der Waals surface area contributed by atoms with Gasteiger partial charge in [0.05, 0.1) is 6.26 Å². The van der Waals surface area contributed by atoms with Gasteiger partial charge in [0.25, 0.3) is 0 Å². The van der Waals surface area contributed by atoms with Crippen LogP contribution in [0.15, 0.2) is 36.4 Å². The van der Waals surface area contributed by atoms with Crippen molar-refractivity contribution in [3.63, 3.8) is 0 Å². The van der Waals surface area contributed by atoms with Gasteiger partial charge in [-0.1, -0.05) is 0 Å². The number of benzene rings is 2. The summed E-state index contributed by atoms with van der Waals surface area (Å²) < 4.78 is 45.1. The maximum absolute atomic E-state index is 13.3. The van der Waals surface area contributed by atoms with Crippen LogP contribution in [0, 0.1) is 24.1 Å². The standard InChI is InChI=1S/C25H33FN4O3S/c1-18-13-24(28-22-5-3-21(26)4-6-22)20(15-27)14-23(18)25-17-30(34(2,31)32)10-9-29(25)16-19-7-11-33-12-8-19/h3-6,13-15,19,25,27-28H,7-12,16-17H2,1-2H3/t25-/m0/s1. The summed E-state index contributed by atoms with van der Waals surface area (Å²) in [5, 5.41) is 11.3. The summed E-state index contributed by atoms with van der Waals surface area (Å²) in [6.45, 7) is 6.03. The van der Waals surface area contributed by atoms with Crippen LogP contribution in [0.5, 0.6) is 0 Å². The fourth-order valence-corrected chi connectivity index (χ4v) is 5.71. The zero-order valence-corrected chi connectivity index (χ0v) is 20.6. The summed E-state index contributed by atoms with van der Waals surface area (Å²) >= 11 is 0. The van der Waals surface area contributed by atoms with E-state index in [1.807, 2.05) is 19.1 Å². The van der Waals surface area contributed by atoms with Crippen molar-refractivity contribution in [1.29, 1.82) is 5.41 Å². The largest absolute Gasteiger partial charge is 0.381 e. The van der Waals surface area contributed by atoms with Crippen LogP contribution in [0.4, 0.5) is 15.8 Å². The van der Waals surface area contributed by atoms with Gasteiger partial charge < -0.3 is 15.5 Å². The molecular weight excluding hydrogens is 455 g/mol. The smallest absolute Gasteiger partial charge is 0.211 e. The predicted molar refractivity (Wildman–Crippen MR) is 133 cm³/mol. The Balaban J connectivity index is 1.65. The van der Waals surface area contributed by atoms with Gasteiger partial charge in [-0.3, -0.25) is 4.90 Å². The first kappa shape index (κ1) is 24.8. The van der Waals surface area contributed by atoms with Gasteiger partial charge in [-0.2, -0.15) is 4.31 Å². The molecule has 0 unspecified atom stereocenters. The number of halogens is 1. The minimum absolute atomic E-state index is 0.0927. The zero-order valence-electron chi connectivity index (χ0n) is 19.8. The topological polar surface area (TPSA) is 85.7 Å². The number of hydrogen-bond donors (Lipinski definition) is 2. The number of rotatable bonds is 7. The molecule has 7 nitrogen and oxygen atoms in total. The highest BCUT2D eigenvalue weighted by Gasteiger charge is 2.34. The molecule has 2 saturated heterocycles. The lowest BCUT2D eigenvalue weighted by Gasteiger charge is -2.43. The molecule has 2 heterocycles. The van der Waals surface area contributed by atoms with E-state index in [1.165, 1.54) is 24.6 Å². The predicted octanol–water partition coefficient (Wildman–Crippen LogP) is 3.92. The SMILES string of the molecule is Cc1cc(Nc2ccc(F)cc2)c(C=N)cc1[C@@H]1CN(S(C)(=O)=O)CCN1CC1CCOCC1. The van der Waals surface area contributed by atoms with E-state index in [0.29, 0.717) is 31.1 Å². The summed E-state index contributed by atoms with van der Waals surface area (Å²) in [5.41, 5.74) is 4.25. The quantitative estimate of drug-likeness (QED) is 0.577. The summed E-state index contributed by atoms with van der Waals surface area (Å²) in [6.07, 6.45) is 4.60. The summed E-state index contributed by atoms with van der Waals surface area (Å²) in [6, 6.07) is 9.99. The van der Waals surface area contributed by atoms with E-state index in [0.717, 1.165) is 55.1 Å². The van der Waals surface area contributed by atoms with Gasteiger partial charge >= 0.3 is 0 Å². The molecule has 4 rings (SSSR count). The number of hydrogen-bond acceptors (Lipinski definition) is 6. The van der Waals surface area contributed by atoms with Crippen molar-refractivity contribution in [3.05, 3.63) is 58.9 Å². The second kappa shape index (κ2) is 10.5. The van der Waals surface area contributed by atoms with Crippen LogP contribution in [0.1, 0.15) is 35.6 Å². The molecule has 2 aromatic rings. The Morgan fingerprint density at radius 2 is 1.88 bits per heavy atom. The molecule has 184 valence electrons. The highest BCUT2D eigenvalue weighted by molar-refractivity contribution is 7.88. The molecule has 2 fully saturated rings. The highest BCUT2D eigenvalue weighted by Crippen LogP contribution is 2.34. The molecule has 2 aliphatic heterocycles. The summed E-state index contributed by atoms with van der Waals surface area (Å²) in [4.78, 5) is 2.40. The van der Waals surface area contributed by atoms with Crippen molar-refractivity contribution in [1.82, 2.24) is 9.21 Å². The van der Waals surface area contributed by atoms with Crippen molar-refractivity contribution in [2.75, 3.05) is 51.0 Å². The fourth-order valence-electron chi connectivity index (χ4n) is 4.89. The van der Waals surface area contributed by atoms with Crippen molar-refractivity contribution in [3.8, 4) is 0 Å². The van der Waals surface area contributed by atoms with E-state index in [4.69, 9.17) is 10.1 Å². The second-order valence-corrected chi connectivity index (χ2v) is 11.2. The first-order valence-corrected chi connectivity index (χ1v) is 13.5. The van der Waals surface area contributed by atoms with Gasteiger partial charge in [0, 0.05) is 68.6 Å². The first-order valence-electron chi connectivity index (χ1n) is 11.7. The van der Waals surface area contributed by atoms with E-state index in [2.05, 4.69) is 10.2 Å². The Labute approximate surface area is 201 Å². The molecule has 0 bridgehead atoms. The highest BCUT2D eigenvalue weighted by atomic mass is 32.2. The molecule has 34 heavy (non-hydrogen) atoms. The van der Waals surface area contributed by atoms with E-state index < -0.39 is 10.0 Å². The van der Waals surface area contributed by atoms with Crippen LogP contribution < -0.4 is 5.32 Å². The molecule has 2 aromatic carbocycles. The molecule has 0 spiro atoms. The van der Waals surface area contributed by atoms with Crippen LogP contribution in [-0.4, -0.2) is 69.5 Å². The minimum Gasteiger partial charge on any atom is -0.381 e. The third-order valence-electron chi connectivity index (χ3n) is 6.83. The van der Waals surface area contributed by atoms with Gasteiger partial charge in [0.2, 0.25) is 10.0 Å². The average molecular weight is 489 g/mol. The fraction of sp³-hybridized carbons (Fsp3) is 0.480. The minimum atomic E-state index is -3.31. The van der Waals surface area contributed by atoms with E-state index in [-0.39, 0.29) is 11.9 Å². The van der Waals surface area contributed by atoms with Crippen LogP contribution in [0.3, 0.4) is 0 Å². The normalized spacial score (nSPS) is 20.9. The molecule has 9 heteroatoms. The van der Waals surface area contributed by atoms with E-state index >= 15 is 0 Å². The van der Waals surface area contributed by atoms with Crippen molar-refractivity contribution >= 4 is 27.6 Å². The number of ether oxygens (including phenoxy) is 1. The van der Waals surface area contributed by atoms with E-state index in [1.54, 1.807) is 16.4 Å². The molecule has 0 aliphatic carbocycles. The third kappa shape index (κ3) is 5.83. The average Bonchev–Trinajstić information content (AvgIpc) is 2.81. The molecule has 0 aromatic heterocycles. The number of nitrogens with one attached hydrogen (secondary N) is 2. The number of aryl methyl sites for hydroxylation is 1. The van der Waals surface area contributed by atoms with E-state index in [9.17, 15) is 12.8 Å². The van der Waals surface area contributed by atoms with Gasteiger partial charge in [0.1, 0.15) is 5.82 Å². The summed E-state index contributed by atoms with van der Waals surface area (Å²) in [5.74, 6) is 0.227. The van der Waals surface area contributed by atoms with Crippen LogP contribution in [0.25, 0.3) is 0 Å². The molecule has 1 atom stereocenters. The molecule has 2 aliphatic rings. The van der Waals surface area contributed by atoms with Crippen LogP contribution in [-0.2, 0) is 14.8 Å². The van der Waals surface area contributed by atoms with Gasteiger partial charge in [-0.15, -0.1) is 0 Å². The monoisotopic (exact) mass is 488 g/mol. The second-order valence-electron chi connectivity index (χ2n) is 9.26. The van der Waals surface area contributed by atoms with Crippen molar-refractivity contribution in [2.24, 2.45) is 5.92 Å². The van der Waals surface area contributed by atoms with Crippen molar-refractivity contribution < 1.29 is 17.5 Å². The lowest BCUT2D eigenvalue weighted by Crippen LogP contribution is -2.51. The maximum Gasteiger partial charge on any atom is 0.211 e. The van der Waals surface area contributed by atoms with Crippen molar-refractivity contribution in [2.45, 2.75) is 25.8 Å². The Bertz CT molecular complexity index is 1120. The Kier molecular flexibility index (Phi) is 7.67. The Hall–Kier alpha value is -2.33. The number of nitrogens with zero attached hydrogens (tertiary/aromatic N) is 2. The molecule has 0 saturated carbocycles. The maximum atomic E-state index is 13.3. The summed E-state index contributed by atoms with van der Waals surface area (Å²) in [7, 11) is -3.31. The molecular formula is C25H33FN4O3S. The van der Waals surface area contributed by atoms with Gasteiger partial charge in [-0.25, -0.2) is 12.8 Å². The Morgan fingerprint density at radius 1 is 1.18 bits per heavy atom. The first-order chi connectivity index (χ1) is 16.2.